The van der Waals surface area contributed by atoms with Crippen molar-refractivity contribution >= 4 is 45.4 Å². The zero-order chi connectivity index (χ0) is 13.1. The second-order valence-corrected chi connectivity index (χ2v) is 5.18. The summed E-state index contributed by atoms with van der Waals surface area (Å²) in [6.07, 6.45) is 0.656. The first-order valence-corrected chi connectivity index (χ1v) is 6.53. The Balaban J connectivity index is 2.43. The maximum atomic E-state index is 11.0. The molecule has 0 atom stereocenters. The number of benzene rings is 2. The molecule has 0 aromatic heterocycles. The molecule has 2 nitrogen and oxygen atoms in total. The van der Waals surface area contributed by atoms with Gasteiger partial charge >= 0.3 is 0 Å². The van der Waals surface area contributed by atoms with Gasteiger partial charge in [0, 0.05) is 4.47 Å². The van der Waals surface area contributed by atoms with Crippen LogP contribution in [0.25, 0.3) is 0 Å². The second-order valence-electron chi connectivity index (χ2n) is 3.45. The minimum Gasteiger partial charge on any atom is -0.455 e. The maximum Gasteiger partial charge on any atom is 0.155 e. The van der Waals surface area contributed by atoms with Crippen LogP contribution in [-0.2, 0) is 0 Å². The Morgan fingerprint density at radius 3 is 2.56 bits per heavy atom. The first-order chi connectivity index (χ1) is 8.61. The van der Waals surface area contributed by atoms with E-state index in [2.05, 4.69) is 15.9 Å². The van der Waals surface area contributed by atoms with Crippen LogP contribution >= 0.6 is 39.1 Å². The van der Waals surface area contributed by atoms with Crippen molar-refractivity contribution in [2.75, 3.05) is 0 Å². The third-order valence-electron chi connectivity index (χ3n) is 2.24. The lowest BCUT2D eigenvalue weighted by Crippen LogP contribution is -1.92. The molecule has 2 rings (SSSR count). The normalized spacial score (nSPS) is 10.2. The van der Waals surface area contributed by atoms with Crippen LogP contribution < -0.4 is 4.74 Å². The lowest BCUT2D eigenvalue weighted by molar-refractivity contribution is 0.112. The van der Waals surface area contributed by atoms with Crippen molar-refractivity contribution < 1.29 is 9.53 Å². The van der Waals surface area contributed by atoms with E-state index in [1.807, 2.05) is 0 Å². The van der Waals surface area contributed by atoms with Crippen LogP contribution in [0.4, 0.5) is 0 Å². The monoisotopic (exact) mass is 344 g/mol. The van der Waals surface area contributed by atoms with E-state index in [4.69, 9.17) is 27.9 Å². The van der Waals surface area contributed by atoms with Crippen LogP contribution in [0.3, 0.4) is 0 Å². The number of halogens is 3. The van der Waals surface area contributed by atoms with Gasteiger partial charge < -0.3 is 4.74 Å². The summed E-state index contributed by atoms with van der Waals surface area (Å²) in [6, 6.07) is 10.2. The van der Waals surface area contributed by atoms with E-state index in [9.17, 15) is 4.79 Å². The first kappa shape index (κ1) is 13.4. The van der Waals surface area contributed by atoms with E-state index in [1.165, 1.54) is 0 Å². The highest BCUT2D eigenvalue weighted by molar-refractivity contribution is 9.10. The summed E-state index contributed by atoms with van der Waals surface area (Å²) < 4.78 is 6.45. The van der Waals surface area contributed by atoms with Crippen molar-refractivity contribution in [2.45, 2.75) is 0 Å². The summed E-state index contributed by atoms with van der Waals surface area (Å²) in [5, 5.41) is 0.795. The van der Waals surface area contributed by atoms with Gasteiger partial charge in [0.15, 0.2) is 6.29 Å². The van der Waals surface area contributed by atoms with Crippen LogP contribution in [0.5, 0.6) is 11.5 Å². The molecule has 0 aliphatic carbocycles. The fraction of sp³-hybridized carbons (Fsp3) is 0. The van der Waals surface area contributed by atoms with Crippen LogP contribution in [0.1, 0.15) is 10.4 Å². The molecule has 92 valence electrons. The summed E-state index contributed by atoms with van der Waals surface area (Å²) >= 11 is 15.3. The number of ether oxygens (including phenoxy) is 1. The molecule has 18 heavy (non-hydrogen) atoms. The van der Waals surface area contributed by atoms with E-state index in [-0.39, 0.29) is 0 Å². The predicted molar refractivity (Wildman–Crippen MR) is 76.1 cm³/mol. The van der Waals surface area contributed by atoms with E-state index in [0.717, 1.165) is 4.47 Å². The maximum absolute atomic E-state index is 11.0. The molecule has 0 spiro atoms. The average Bonchev–Trinajstić information content (AvgIpc) is 2.34. The van der Waals surface area contributed by atoms with Crippen molar-refractivity contribution in [2.24, 2.45) is 0 Å². The summed E-state index contributed by atoms with van der Waals surface area (Å²) in [5.74, 6) is 0.828. The molecule has 2 aromatic carbocycles. The van der Waals surface area contributed by atoms with Crippen molar-refractivity contribution in [3.63, 3.8) is 0 Å². The quantitative estimate of drug-likeness (QED) is 0.700. The van der Waals surface area contributed by atoms with Crippen molar-refractivity contribution in [1.82, 2.24) is 0 Å². The smallest absolute Gasteiger partial charge is 0.155 e. The van der Waals surface area contributed by atoms with Crippen molar-refractivity contribution in [3.8, 4) is 11.5 Å². The molecule has 0 aliphatic rings. The fourth-order valence-electron chi connectivity index (χ4n) is 1.39. The van der Waals surface area contributed by atoms with Gasteiger partial charge in [-0.3, -0.25) is 4.79 Å². The largest absolute Gasteiger partial charge is 0.455 e. The molecule has 0 amide bonds. The van der Waals surface area contributed by atoms with Gasteiger partial charge in [-0.2, -0.15) is 0 Å². The Hall–Kier alpha value is -1.03. The Morgan fingerprint density at radius 2 is 1.83 bits per heavy atom. The minimum absolute atomic E-state index is 0.301. The molecule has 0 bridgehead atoms. The van der Waals surface area contributed by atoms with Crippen molar-refractivity contribution in [3.05, 3.63) is 56.5 Å². The molecule has 0 unspecified atom stereocenters. The molecule has 0 fully saturated rings. The van der Waals surface area contributed by atoms with Gasteiger partial charge in [-0.05, 0) is 30.3 Å². The van der Waals surface area contributed by atoms with Gasteiger partial charge in [-0.1, -0.05) is 45.2 Å². The van der Waals surface area contributed by atoms with Crippen molar-refractivity contribution in [1.29, 1.82) is 0 Å². The van der Waals surface area contributed by atoms with Crippen LogP contribution in [0, 0.1) is 0 Å². The Morgan fingerprint density at radius 1 is 1.06 bits per heavy atom. The Kier molecular flexibility index (Phi) is 4.27. The van der Waals surface area contributed by atoms with Gasteiger partial charge in [0.1, 0.15) is 11.5 Å². The highest BCUT2D eigenvalue weighted by atomic mass is 79.9. The molecular weight excluding hydrogens is 339 g/mol. The molecule has 0 aliphatic heterocycles. The molecule has 0 saturated carbocycles. The Labute approximate surface area is 123 Å². The summed E-state index contributed by atoms with van der Waals surface area (Å²) in [4.78, 5) is 11.0. The number of carbonyl (C=O) groups excluding carboxylic acids is 1. The fourth-order valence-corrected chi connectivity index (χ4v) is 2.10. The zero-order valence-corrected chi connectivity index (χ0v) is 12.1. The third kappa shape index (κ3) is 2.86. The van der Waals surface area contributed by atoms with Crippen LogP contribution in [-0.4, -0.2) is 6.29 Å². The van der Waals surface area contributed by atoms with Gasteiger partial charge in [0.2, 0.25) is 0 Å². The number of hydrogen-bond donors (Lipinski definition) is 0. The standard InChI is InChI=1S/C13H7BrCl2O2/c14-8-4-5-11(16)13(6-8)18-12-3-1-2-10(15)9(12)7-17/h1-7H. The highest BCUT2D eigenvalue weighted by Crippen LogP contribution is 2.34. The molecule has 5 heteroatoms. The molecule has 0 heterocycles. The van der Waals surface area contributed by atoms with E-state index in [1.54, 1.807) is 36.4 Å². The van der Waals surface area contributed by atoms with Gasteiger partial charge in [-0.25, -0.2) is 0 Å². The lowest BCUT2D eigenvalue weighted by Gasteiger charge is -2.10. The SMILES string of the molecule is O=Cc1c(Cl)cccc1Oc1cc(Br)ccc1Cl. The first-order valence-electron chi connectivity index (χ1n) is 4.98. The molecule has 0 radical (unpaired) electrons. The van der Waals surface area contributed by atoms with Gasteiger partial charge in [-0.15, -0.1) is 0 Å². The average molecular weight is 346 g/mol. The topological polar surface area (TPSA) is 26.3 Å². The Bertz CT molecular complexity index is 600. The van der Waals surface area contributed by atoms with E-state index < -0.39 is 0 Å². The zero-order valence-electron chi connectivity index (χ0n) is 8.99. The number of aldehydes is 1. The molecule has 0 saturated heterocycles. The second kappa shape index (κ2) is 5.74. The number of hydrogen-bond acceptors (Lipinski definition) is 2. The van der Waals surface area contributed by atoms with Gasteiger partial charge in [0.25, 0.3) is 0 Å². The van der Waals surface area contributed by atoms with Crippen LogP contribution in [0.15, 0.2) is 40.9 Å². The number of carbonyl (C=O) groups is 1. The lowest BCUT2D eigenvalue weighted by atomic mass is 10.2. The summed E-state index contributed by atoms with van der Waals surface area (Å²) in [7, 11) is 0. The molecule has 0 N–H and O–H groups in total. The van der Waals surface area contributed by atoms with E-state index in [0.29, 0.717) is 33.4 Å². The van der Waals surface area contributed by atoms with E-state index >= 15 is 0 Å². The van der Waals surface area contributed by atoms with Gasteiger partial charge in [0.05, 0.1) is 15.6 Å². The molecule has 2 aromatic rings. The number of rotatable bonds is 3. The highest BCUT2D eigenvalue weighted by Gasteiger charge is 2.10. The third-order valence-corrected chi connectivity index (χ3v) is 3.38. The van der Waals surface area contributed by atoms with Crippen LogP contribution in [0.2, 0.25) is 10.0 Å². The summed E-state index contributed by atoms with van der Waals surface area (Å²) in [5.41, 5.74) is 0.301. The molecular formula is C13H7BrCl2O2. The minimum atomic E-state index is 0.301. The predicted octanol–water partition coefficient (Wildman–Crippen LogP) is 5.36. The summed E-state index contributed by atoms with van der Waals surface area (Å²) in [6.45, 7) is 0.